The van der Waals surface area contributed by atoms with Gasteiger partial charge in [-0.15, -0.1) is 0 Å². The van der Waals surface area contributed by atoms with Gasteiger partial charge in [0.15, 0.2) is 0 Å². The lowest BCUT2D eigenvalue weighted by Gasteiger charge is -2.30. The molecule has 0 aromatic carbocycles. The highest BCUT2D eigenvalue weighted by Gasteiger charge is 2.23. The number of rotatable bonds is 3. The molecule has 0 bridgehead atoms. The van der Waals surface area contributed by atoms with Crippen LogP contribution in [-0.2, 0) is 0 Å². The van der Waals surface area contributed by atoms with Crippen molar-refractivity contribution >= 4 is 0 Å². The summed E-state index contributed by atoms with van der Waals surface area (Å²) in [4.78, 5) is 0. The van der Waals surface area contributed by atoms with Crippen LogP contribution in [0.3, 0.4) is 0 Å². The van der Waals surface area contributed by atoms with E-state index in [1.54, 1.807) is 0 Å². The van der Waals surface area contributed by atoms with Crippen molar-refractivity contribution in [2.45, 2.75) is 57.1 Å². The first-order chi connectivity index (χ1) is 7.36. The van der Waals surface area contributed by atoms with Gasteiger partial charge in [0.25, 0.3) is 0 Å². The van der Waals surface area contributed by atoms with Crippen molar-refractivity contribution in [2.75, 3.05) is 6.54 Å². The van der Waals surface area contributed by atoms with Crippen molar-refractivity contribution < 1.29 is 5.11 Å². The third kappa shape index (κ3) is 3.32. The Morgan fingerprint density at radius 2 is 2.00 bits per heavy atom. The largest absolute Gasteiger partial charge is 0.392 e. The van der Waals surface area contributed by atoms with Gasteiger partial charge in [-0.3, -0.25) is 0 Å². The second-order valence-electron chi connectivity index (χ2n) is 5.02. The van der Waals surface area contributed by atoms with Crippen molar-refractivity contribution in [3.8, 4) is 0 Å². The van der Waals surface area contributed by atoms with Crippen LogP contribution in [0, 0.1) is 5.92 Å². The van der Waals surface area contributed by atoms with Gasteiger partial charge in [-0.1, -0.05) is 25.0 Å². The maximum atomic E-state index is 9.82. The van der Waals surface area contributed by atoms with Gasteiger partial charge in [-0.05, 0) is 44.6 Å². The van der Waals surface area contributed by atoms with Crippen molar-refractivity contribution in [3.63, 3.8) is 0 Å². The molecule has 2 heteroatoms. The van der Waals surface area contributed by atoms with E-state index in [4.69, 9.17) is 0 Å². The number of hydrogen-bond donors (Lipinski definition) is 2. The summed E-state index contributed by atoms with van der Waals surface area (Å²) in [5.74, 6) is 0.795. The smallest absolute Gasteiger partial charge is 0.0693 e. The molecule has 2 aliphatic rings. The van der Waals surface area contributed by atoms with Crippen LogP contribution in [0.5, 0.6) is 0 Å². The highest BCUT2D eigenvalue weighted by atomic mass is 16.3. The van der Waals surface area contributed by atoms with E-state index in [1.165, 1.54) is 32.1 Å². The molecule has 0 aromatic heterocycles. The lowest BCUT2D eigenvalue weighted by atomic mass is 9.90. The van der Waals surface area contributed by atoms with Gasteiger partial charge in [0.2, 0.25) is 0 Å². The lowest BCUT2D eigenvalue weighted by molar-refractivity contribution is 0.0886. The van der Waals surface area contributed by atoms with E-state index in [2.05, 4.69) is 17.5 Å². The van der Waals surface area contributed by atoms with Crippen LogP contribution in [0.25, 0.3) is 0 Å². The van der Waals surface area contributed by atoms with Crippen LogP contribution in [0.4, 0.5) is 0 Å². The molecule has 1 saturated carbocycles. The van der Waals surface area contributed by atoms with E-state index in [-0.39, 0.29) is 6.10 Å². The Labute approximate surface area is 92.8 Å². The Hall–Kier alpha value is -0.340. The molecule has 0 aliphatic heterocycles. The summed E-state index contributed by atoms with van der Waals surface area (Å²) in [5, 5.41) is 13.4. The molecule has 2 rings (SSSR count). The predicted molar refractivity (Wildman–Crippen MR) is 62.7 cm³/mol. The summed E-state index contributed by atoms with van der Waals surface area (Å²) in [6.07, 6.45) is 12.9. The molecule has 0 spiro atoms. The van der Waals surface area contributed by atoms with Crippen LogP contribution < -0.4 is 5.32 Å². The number of hydrogen-bond acceptors (Lipinski definition) is 2. The fraction of sp³-hybridized carbons (Fsp3) is 0.846. The van der Waals surface area contributed by atoms with Crippen molar-refractivity contribution in [1.82, 2.24) is 5.32 Å². The molecular weight excluding hydrogens is 186 g/mol. The molecule has 2 nitrogen and oxygen atoms in total. The summed E-state index contributed by atoms with van der Waals surface area (Å²) in [5.41, 5.74) is 0. The number of aliphatic hydroxyl groups is 1. The molecule has 0 heterocycles. The second-order valence-corrected chi connectivity index (χ2v) is 5.02. The van der Waals surface area contributed by atoms with Crippen molar-refractivity contribution in [2.24, 2.45) is 5.92 Å². The van der Waals surface area contributed by atoms with Crippen LogP contribution in [0.1, 0.15) is 44.9 Å². The molecule has 2 N–H and O–H groups in total. The molecule has 0 aromatic rings. The monoisotopic (exact) mass is 209 g/mol. The highest BCUT2D eigenvalue weighted by molar-refractivity contribution is 4.91. The summed E-state index contributed by atoms with van der Waals surface area (Å²) >= 11 is 0. The fourth-order valence-corrected chi connectivity index (χ4v) is 2.71. The molecule has 1 fully saturated rings. The first-order valence-corrected chi connectivity index (χ1v) is 6.42. The van der Waals surface area contributed by atoms with Gasteiger partial charge in [-0.2, -0.15) is 0 Å². The van der Waals surface area contributed by atoms with Crippen LogP contribution in [0.2, 0.25) is 0 Å². The zero-order chi connectivity index (χ0) is 10.5. The zero-order valence-electron chi connectivity index (χ0n) is 9.49. The maximum Gasteiger partial charge on any atom is 0.0693 e. The van der Waals surface area contributed by atoms with Gasteiger partial charge in [0, 0.05) is 6.04 Å². The lowest BCUT2D eigenvalue weighted by Crippen LogP contribution is -2.44. The summed E-state index contributed by atoms with van der Waals surface area (Å²) in [7, 11) is 0. The minimum absolute atomic E-state index is 0.0992. The SMILES string of the molecule is O[C@H]1CCCC[C@@H]1NC[C@H]1CC=CCC1. The second kappa shape index (κ2) is 5.66. The third-order valence-corrected chi connectivity index (χ3v) is 3.78. The van der Waals surface area contributed by atoms with E-state index >= 15 is 0 Å². The topological polar surface area (TPSA) is 32.3 Å². The molecule has 0 saturated heterocycles. The average Bonchev–Trinajstić information content (AvgIpc) is 2.29. The van der Waals surface area contributed by atoms with Gasteiger partial charge in [-0.25, -0.2) is 0 Å². The highest BCUT2D eigenvalue weighted by Crippen LogP contribution is 2.21. The van der Waals surface area contributed by atoms with E-state index < -0.39 is 0 Å². The molecule has 0 radical (unpaired) electrons. The van der Waals surface area contributed by atoms with Crippen molar-refractivity contribution in [1.29, 1.82) is 0 Å². The average molecular weight is 209 g/mol. The zero-order valence-corrected chi connectivity index (χ0v) is 9.49. The summed E-state index contributed by atoms with van der Waals surface area (Å²) < 4.78 is 0. The Morgan fingerprint density at radius 1 is 1.13 bits per heavy atom. The van der Waals surface area contributed by atoms with E-state index in [1.807, 2.05) is 0 Å². The molecule has 86 valence electrons. The molecule has 2 aliphatic carbocycles. The summed E-state index contributed by atoms with van der Waals surface area (Å²) in [6, 6.07) is 0.365. The fourth-order valence-electron chi connectivity index (χ4n) is 2.71. The van der Waals surface area contributed by atoms with Gasteiger partial charge in [0.1, 0.15) is 0 Å². The standard InChI is InChI=1S/C13H23NO/c15-13-9-5-4-8-12(13)14-10-11-6-2-1-3-7-11/h1-2,11-15H,3-10H2/t11-,12-,13-/m0/s1. The number of allylic oxidation sites excluding steroid dienone is 2. The van der Waals surface area contributed by atoms with E-state index in [0.717, 1.165) is 25.3 Å². The molecular formula is C13H23NO. The predicted octanol–water partition coefficient (Wildman–Crippen LogP) is 2.24. The maximum absolute atomic E-state index is 9.82. The minimum atomic E-state index is -0.0992. The molecule has 0 amide bonds. The quantitative estimate of drug-likeness (QED) is 0.699. The van der Waals surface area contributed by atoms with Gasteiger partial charge in [0.05, 0.1) is 6.10 Å². The number of aliphatic hydroxyl groups excluding tert-OH is 1. The van der Waals surface area contributed by atoms with E-state index in [9.17, 15) is 5.11 Å². The number of nitrogens with one attached hydrogen (secondary N) is 1. The van der Waals surface area contributed by atoms with E-state index in [0.29, 0.717) is 6.04 Å². The van der Waals surface area contributed by atoms with Crippen LogP contribution in [0.15, 0.2) is 12.2 Å². The van der Waals surface area contributed by atoms with Gasteiger partial charge >= 0.3 is 0 Å². The van der Waals surface area contributed by atoms with Crippen molar-refractivity contribution in [3.05, 3.63) is 12.2 Å². The molecule has 0 unspecified atom stereocenters. The first kappa shape index (κ1) is 11.2. The Morgan fingerprint density at radius 3 is 2.73 bits per heavy atom. The van der Waals surface area contributed by atoms with Crippen LogP contribution in [-0.4, -0.2) is 23.8 Å². The summed E-state index contributed by atoms with van der Waals surface area (Å²) in [6.45, 7) is 1.09. The minimum Gasteiger partial charge on any atom is -0.392 e. The molecule has 15 heavy (non-hydrogen) atoms. The normalized spacial score (nSPS) is 36.7. The Bertz CT molecular complexity index is 215. The molecule has 3 atom stereocenters. The Balaban J connectivity index is 1.69. The van der Waals surface area contributed by atoms with Gasteiger partial charge < -0.3 is 10.4 Å². The third-order valence-electron chi connectivity index (χ3n) is 3.78. The first-order valence-electron chi connectivity index (χ1n) is 6.42. The Kier molecular flexibility index (Phi) is 4.21. The van der Waals surface area contributed by atoms with Crippen LogP contribution >= 0.6 is 0 Å².